The lowest BCUT2D eigenvalue weighted by atomic mass is 10.0. The number of amides is 3. The van der Waals surface area contributed by atoms with Gasteiger partial charge in [0.1, 0.15) is 0 Å². The number of carbonyl (C=O) groups excluding carboxylic acids is 2. The molecule has 1 aliphatic heterocycles. The molecule has 0 spiro atoms. The average Bonchev–Trinajstić information content (AvgIpc) is 3.43. The first kappa shape index (κ1) is 22.3. The van der Waals surface area contributed by atoms with Crippen molar-refractivity contribution in [1.29, 1.82) is 0 Å². The number of fused-ring (bicyclic) bond motifs is 1. The van der Waals surface area contributed by atoms with Crippen LogP contribution in [0.1, 0.15) is 68.6 Å². The van der Waals surface area contributed by atoms with Crippen LogP contribution in [-0.2, 0) is 11.2 Å². The second kappa shape index (κ2) is 10.6. The quantitative estimate of drug-likeness (QED) is 0.762. The van der Waals surface area contributed by atoms with E-state index in [0.717, 1.165) is 31.2 Å². The Hall–Kier alpha value is -2.90. The van der Waals surface area contributed by atoms with Crippen LogP contribution < -0.4 is 10.6 Å². The number of rotatable bonds is 4. The Labute approximate surface area is 189 Å². The van der Waals surface area contributed by atoms with Crippen LogP contribution in [0.2, 0.25) is 0 Å². The Morgan fingerprint density at radius 3 is 2.81 bits per heavy atom. The van der Waals surface area contributed by atoms with Crippen LogP contribution in [0.5, 0.6) is 0 Å². The van der Waals surface area contributed by atoms with Gasteiger partial charge in [0.25, 0.3) is 0 Å². The van der Waals surface area contributed by atoms with Crippen molar-refractivity contribution in [1.82, 2.24) is 25.7 Å². The van der Waals surface area contributed by atoms with Gasteiger partial charge in [-0.1, -0.05) is 48.3 Å². The topological polar surface area (TPSA) is 100 Å². The molecule has 32 heavy (non-hydrogen) atoms. The van der Waals surface area contributed by atoms with E-state index in [4.69, 9.17) is 4.52 Å². The highest BCUT2D eigenvalue weighted by Crippen LogP contribution is 2.41. The number of aromatic nitrogens is 2. The summed E-state index contributed by atoms with van der Waals surface area (Å²) in [6.45, 7) is 3.83. The Kier molecular flexibility index (Phi) is 7.39. The summed E-state index contributed by atoms with van der Waals surface area (Å²) in [6.07, 6.45) is 5.91. The van der Waals surface area contributed by atoms with Crippen LogP contribution in [0.4, 0.5) is 4.79 Å². The highest BCUT2D eigenvalue weighted by atomic mass is 16.5. The molecule has 2 fully saturated rings. The average molecular weight is 440 g/mol. The number of benzene rings is 1. The van der Waals surface area contributed by atoms with Gasteiger partial charge in [-0.05, 0) is 38.2 Å². The monoisotopic (exact) mass is 439 g/mol. The van der Waals surface area contributed by atoms with E-state index < -0.39 is 0 Å². The fourth-order valence-electron chi connectivity index (χ4n) is 4.90. The molecule has 4 rings (SSSR count). The van der Waals surface area contributed by atoms with E-state index in [9.17, 15) is 9.59 Å². The van der Waals surface area contributed by atoms with E-state index in [2.05, 4.69) is 20.8 Å². The van der Waals surface area contributed by atoms with Crippen molar-refractivity contribution in [2.24, 2.45) is 5.92 Å². The number of carbonyl (C=O) groups is 2. The molecule has 0 radical (unpaired) electrons. The van der Waals surface area contributed by atoms with Gasteiger partial charge in [0.2, 0.25) is 11.8 Å². The predicted octanol–water partition coefficient (Wildman–Crippen LogP) is 3.24. The summed E-state index contributed by atoms with van der Waals surface area (Å²) >= 11 is 0. The molecule has 1 aromatic carbocycles. The third-order valence-electron chi connectivity index (χ3n) is 6.52. The van der Waals surface area contributed by atoms with Crippen LogP contribution in [0.15, 0.2) is 34.9 Å². The fraction of sp³-hybridized carbons (Fsp3) is 0.583. The fourth-order valence-corrected chi connectivity index (χ4v) is 4.90. The number of urea groups is 1. The molecule has 1 saturated heterocycles. The van der Waals surface area contributed by atoms with E-state index in [1.807, 2.05) is 42.2 Å². The molecular weight excluding hydrogens is 406 g/mol. The molecule has 0 bridgehead atoms. The minimum absolute atomic E-state index is 0.0257. The Morgan fingerprint density at radius 1 is 1.19 bits per heavy atom. The number of nitrogens with one attached hydrogen (secondary N) is 2. The molecule has 2 N–H and O–H groups in total. The largest absolute Gasteiger partial charge is 0.356 e. The maximum Gasteiger partial charge on any atom is 0.317 e. The van der Waals surface area contributed by atoms with Gasteiger partial charge in [0.05, 0.1) is 5.92 Å². The van der Waals surface area contributed by atoms with Crippen LogP contribution in [-0.4, -0.2) is 52.7 Å². The number of hydrogen-bond acceptors (Lipinski definition) is 5. The van der Waals surface area contributed by atoms with Gasteiger partial charge in [-0.3, -0.25) is 4.79 Å². The first-order chi connectivity index (χ1) is 15.7. The summed E-state index contributed by atoms with van der Waals surface area (Å²) in [6, 6.07) is 9.78. The van der Waals surface area contributed by atoms with E-state index in [0.29, 0.717) is 50.6 Å². The number of hydrogen-bond donors (Lipinski definition) is 2. The second-order valence-electron chi connectivity index (χ2n) is 8.79. The highest BCUT2D eigenvalue weighted by molar-refractivity contribution is 5.81. The van der Waals surface area contributed by atoms with Crippen LogP contribution in [0.25, 0.3) is 0 Å². The molecule has 2 aromatic rings. The predicted molar refractivity (Wildman–Crippen MR) is 120 cm³/mol. The van der Waals surface area contributed by atoms with Gasteiger partial charge < -0.3 is 20.1 Å². The Bertz CT molecular complexity index is 900. The van der Waals surface area contributed by atoms with Crippen molar-refractivity contribution in [3.05, 3.63) is 47.6 Å². The molecule has 2 heterocycles. The molecule has 1 aromatic heterocycles. The smallest absolute Gasteiger partial charge is 0.317 e. The summed E-state index contributed by atoms with van der Waals surface area (Å²) in [4.78, 5) is 32.4. The lowest BCUT2D eigenvalue weighted by Gasteiger charge is -2.32. The zero-order valence-electron chi connectivity index (χ0n) is 18.8. The van der Waals surface area contributed by atoms with Gasteiger partial charge in [-0.15, -0.1) is 0 Å². The van der Waals surface area contributed by atoms with Crippen molar-refractivity contribution in [3.8, 4) is 0 Å². The van der Waals surface area contributed by atoms with Crippen LogP contribution in [0.3, 0.4) is 0 Å². The summed E-state index contributed by atoms with van der Waals surface area (Å²) in [7, 11) is 0. The first-order valence-corrected chi connectivity index (χ1v) is 11.8. The zero-order chi connectivity index (χ0) is 22.3. The van der Waals surface area contributed by atoms with Crippen LogP contribution >= 0.6 is 0 Å². The Morgan fingerprint density at radius 2 is 2.00 bits per heavy atom. The van der Waals surface area contributed by atoms with Gasteiger partial charge in [-0.25, -0.2) is 4.79 Å². The lowest BCUT2D eigenvalue weighted by molar-refractivity contribution is -0.126. The van der Waals surface area contributed by atoms with Crippen molar-refractivity contribution in [3.63, 3.8) is 0 Å². The van der Waals surface area contributed by atoms with E-state index in [-0.39, 0.29) is 29.8 Å². The first-order valence-electron chi connectivity index (χ1n) is 11.8. The summed E-state index contributed by atoms with van der Waals surface area (Å²) in [5.74, 6) is 0.931. The molecule has 3 unspecified atom stereocenters. The van der Waals surface area contributed by atoms with Crippen molar-refractivity contribution < 1.29 is 14.1 Å². The SMILES string of the molecule is CCNC(=O)N1CCCCCCNC(=O)C2CC(c3nc(Cc4ccccc4)no3)CC21. The van der Waals surface area contributed by atoms with Gasteiger partial charge >= 0.3 is 6.03 Å². The Balaban J connectivity index is 1.53. The van der Waals surface area contributed by atoms with Gasteiger partial charge in [-0.2, -0.15) is 4.98 Å². The van der Waals surface area contributed by atoms with Crippen LogP contribution in [0, 0.1) is 5.92 Å². The standard InChI is InChI=1S/C24H33N5O3/c1-2-25-24(31)29-13-9-4-3-8-12-26-22(30)19-15-18(16-20(19)29)23-27-21(28-32-23)14-17-10-6-5-7-11-17/h5-7,10-11,18-20H,2-4,8-9,12-16H2,1H3,(H,25,31)(H,26,30). The highest BCUT2D eigenvalue weighted by Gasteiger charge is 2.45. The van der Waals surface area contributed by atoms with Crippen molar-refractivity contribution in [2.45, 2.75) is 63.8 Å². The maximum absolute atomic E-state index is 13.0. The van der Waals surface area contributed by atoms with Gasteiger partial charge in [0.15, 0.2) is 5.82 Å². The second-order valence-corrected chi connectivity index (χ2v) is 8.79. The summed E-state index contributed by atoms with van der Waals surface area (Å²) in [5.41, 5.74) is 1.12. The van der Waals surface area contributed by atoms with E-state index >= 15 is 0 Å². The zero-order valence-corrected chi connectivity index (χ0v) is 18.8. The third kappa shape index (κ3) is 5.29. The van der Waals surface area contributed by atoms with E-state index in [1.165, 1.54) is 0 Å². The molecule has 1 saturated carbocycles. The molecule has 1 aliphatic carbocycles. The molecule has 8 nitrogen and oxygen atoms in total. The van der Waals surface area contributed by atoms with Crippen molar-refractivity contribution >= 4 is 11.9 Å². The summed E-state index contributed by atoms with van der Waals surface area (Å²) in [5, 5.41) is 10.2. The molecule has 3 atom stereocenters. The van der Waals surface area contributed by atoms with Gasteiger partial charge in [0, 0.05) is 38.0 Å². The van der Waals surface area contributed by atoms with E-state index in [1.54, 1.807) is 0 Å². The normalized spacial score (nSPS) is 24.3. The molecule has 3 amide bonds. The lowest BCUT2D eigenvalue weighted by Crippen LogP contribution is -2.50. The van der Waals surface area contributed by atoms with Crippen molar-refractivity contribution in [2.75, 3.05) is 19.6 Å². The third-order valence-corrected chi connectivity index (χ3v) is 6.52. The molecule has 172 valence electrons. The molecule has 8 heteroatoms. The molecule has 2 aliphatic rings. The number of nitrogens with zero attached hydrogens (tertiary/aromatic N) is 3. The summed E-state index contributed by atoms with van der Waals surface area (Å²) < 4.78 is 5.63. The minimum Gasteiger partial charge on any atom is -0.356 e. The molecular formula is C24H33N5O3. The minimum atomic E-state index is -0.273. The maximum atomic E-state index is 13.0.